The molecule has 1 aliphatic carbocycles. The number of fused-ring (bicyclic) bond motifs is 3. The molecule has 1 fully saturated rings. The molecule has 1 heterocycles. The van der Waals surface area contributed by atoms with E-state index in [9.17, 15) is 19.5 Å². The summed E-state index contributed by atoms with van der Waals surface area (Å²) in [5.74, 6) is 1.44. The summed E-state index contributed by atoms with van der Waals surface area (Å²) in [6.45, 7) is 0.644. The standard InChI is InChI=1S/C26H30N2O5S2/c29-23(28-26(15-24(30)31)9-12-34-13-10-26)17-35-14-11-27-25(32)33-16-22-20-7-3-1-5-18(20)19-6-2-4-8-21(19)22/h1-8,22H,9-17H2,(H,27,32)(H,28,29)(H,30,31). The lowest BCUT2D eigenvalue weighted by atomic mass is 9.88. The number of carboxylic acid groups (broad SMARTS) is 1. The van der Waals surface area contributed by atoms with E-state index in [-0.39, 0.29) is 30.6 Å². The van der Waals surface area contributed by atoms with Gasteiger partial charge < -0.3 is 20.5 Å². The summed E-state index contributed by atoms with van der Waals surface area (Å²) < 4.78 is 5.52. The van der Waals surface area contributed by atoms with Gasteiger partial charge in [-0.25, -0.2) is 4.79 Å². The highest BCUT2D eigenvalue weighted by Crippen LogP contribution is 2.44. The topological polar surface area (TPSA) is 105 Å². The molecule has 7 nitrogen and oxygen atoms in total. The molecular formula is C26H30N2O5S2. The fraction of sp³-hybridized carbons (Fsp3) is 0.423. The maximum absolute atomic E-state index is 12.4. The SMILES string of the molecule is O=C(O)CC1(NC(=O)CSCCNC(=O)OCC2c3ccccc3-c3ccccc32)CCSCC1. The van der Waals surface area contributed by atoms with Crippen LogP contribution in [0.4, 0.5) is 4.79 Å². The minimum atomic E-state index is -0.892. The molecule has 0 atom stereocenters. The zero-order chi connectivity index (χ0) is 24.7. The van der Waals surface area contributed by atoms with Crippen LogP contribution in [-0.4, -0.2) is 64.8 Å². The number of carbonyl (C=O) groups excluding carboxylic acids is 2. The van der Waals surface area contributed by atoms with Crippen LogP contribution in [0.15, 0.2) is 48.5 Å². The van der Waals surface area contributed by atoms with Gasteiger partial charge in [-0.1, -0.05) is 48.5 Å². The van der Waals surface area contributed by atoms with Crippen LogP contribution in [0.2, 0.25) is 0 Å². The molecule has 9 heteroatoms. The number of ether oxygens (including phenoxy) is 1. The maximum atomic E-state index is 12.4. The molecule has 0 bridgehead atoms. The monoisotopic (exact) mass is 514 g/mol. The first kappa shape index (κ1) is 25.4. The summed E-state index contributed by atoms with van der Waals surface area (Å²) in [5, 5.41) is 15.0. The first-order chi connectivity index (χ1) is 17.0. The highest BCUT2D eigenvalue weighted by atomic mass is 32.2. The van der Waals surface area contributed by atoms with Crippen LogP contribution in [0.1, 0.15) is 36.3 Å². The lowest BCUT2D eigenvalue weighted by Gasteiger charge is -2.36. The van der Waals surface area contributed by atoms with Crippen molar-refractivity contribution in [2.24, 2.45) is 0 Å². The number of thioether (sulfide) groups is 2. The second kappa shape index (κ2) is 11.9. The fourth-order valence-electron chi connectivity index (χ4n) is 4.77. The van der Waals surface area contributed by atoms with Gasteiger partial charge in [-0.05, 0) is 46.6 Å². The van der Waals surface area contributed by atoms with E-state index in [1.165, 1.54) is 34.0 Å². The van der Waals surface area contributed by atoms with E-state index in [2.05, 4.69) is 34.9 Å². The summed E-state index contributed by atoms with van der Waals surface area (Å²) in [6, 6.07) is 16.4. The minimum absolute atomic E-state index is 0.0162. The summed E-state index contributed by atoms with van der Waals surface area (Å²) in [5.41, 5.74) is 4.06. The number of alkyl carbamates (subject to hydrolysis) is 1. The minimum Gasteiger partial charge on any atom is -0.481 e. The Morgan fingerprint density at radius 3 is 2.29 bits per heavy atom. The molecule has 2 amide bonds. The van der Waals surface area contributed by atoms with E-state index in [4.69, 9.17) is 4.74 Å². The Morgan fingerprint density at radius 1 is 1.03 bits per heavy atom. The molecule has 4 rings (SSSR count). The van der Waals surface area contributed by atoms with Gasteiger partial charge in [0.25, 0.3) is 0 Å². The van der Waals surface area contributed by atoms with E-state index < -0.39 is 17.6 Å². The van der Waals surface area contributed by atoms with Crippen molar-refractivity contribution in [3.63, 3.8) is 0 Å². The molecule has 2 aliphatic rings. The van der Waals surface area contributed by atoms with E-state index >= 15 is 0 Å². The summed E-state index contributed by atoms with van der Waals surface area (Å²) in [6.07, 6.45) is 0.817. The first-order valence-electron chi connectivity index (χ1n) is 11.7. The molecule has 186 valence electrons. The number of benzene rings is 2. The van der Waals surface area contributed by atoms with Crippen molar-refractivity contribution in [1.82, 2.24) is 10.6 Å². The molecular weight excluding hydrogens is 484 g/mol. The van der Waals surface area contributed by atoms with Crippen molar-refractivity contribution in [1.29, 1.82) is 0 Å². The Hall–Kier alpha value is -2.65. The maximum Gasteiger partial charge on any atom is 0.407 e. The highest BCUT2D eigenvalue weighted by Gasteiger charge is 2.36. The van der Waals surface area contributed by atoms with Crippen LogP contribution in [0.3, 0.4) is 0 Å². The average Bonchev–Trinajstić information content (AvgIpc) is 3.16. The lowest BCUT2D eigenvalue weighted by molar-refractivity contribution is -0.139. The van der Waals surface area contributed by atoms with Crippen molar-refractivity contribution in [3.05, 3.63) is 59.7 Å². The quantitative estimate of drug-likeness (QED) is 0.410. The van der Waals surface area contributed by atoms with E-state index in [1.54, 1.807) is 11.8 Å². The number of amides is 2. The third-order valence-electron chi connectivity index (χ3n) is 6.44. The molecule has 0 unspecified atom stereocenters. The number of carbonyl (C=O) groups is 3. The molecule has 0 spiro atoms. The third-order valence-corrected chi connectivity index (χ3v) is 8.38. The molecule has 0 saturated carbocycles. The normalized spacial score (nSPS) is 16.1. The van der Waals surface area contributed by atoms with Gasteiger partial charge in [-0.15, -0.1) is 0 Å². The Balaban J connectivity index is 1.17. The number of hydrogen-bond donors (Lipinski definition) is 3. The van der Waals surface area contributed by atoms with Gasteiger partial charge in [0.2, 0.25) is 5.91 Å². The summed E-state index contributed by atoms with van der Waals surface area (Å²) >= 11 is 3.18. The average molecular weight is 515 g/mol. The van der Waals surface area contributed by atoms with Gasteiger partial charge in [-0.2, -0.15) is 23.5 Å². The van der Waals surface area contributed by atoms with Crippen molar-refractivity contribution in [2.75, 3.05) is 36.2 Å². The van der Waals surface area contributed by atoms with Crippen LogP contribution in [0, 0.1) is 0 Å². The molecule has 1 saturated heterocycles. The summed E-state index contributed by atoms with van der Waals surface area (Å²) in [7, 11) is 0. The van der Waals surface area contributed by atoms with Crippen LogP contribution in [-0.2, 0) is 14.3 Å². The van der Waals surface area contributed by atoms with Crippen LogP contribution in [0.25, 0.3) is 11.1 Å². The molecule has 0 aromatic heterocycles. The Labute approximate surface area is 213 Å². The van der Waals surface area contributed by atoms with Crippen LogP contribution in [0.5, 0.6) is 0 Å². The smallest absolute Gasteiger partial charge is 0.407 e. The molecule has 0 radical (unpaired) electrons. The zero-order valence-electron chi connectivity index (χ0n) is 19.5. The Kier molecular flexibility index (Phi) is 8.62. The van der Waals surface area contributed by atoms with Gasteiger partial charge in [0.15, 0.2) is 0 Å². The van der Waals surface area contributed by atoms with Crippen molar-refractivity contribution >= 4 is 41.5 Å². The molecule has 2 aromatic rings. The van der Waals surface area contributed by atoms with Gasteiger partial charge in [0.1, 0.15) is 6.61 Å². The van der Waals surface area contributed by atoms with Crippen molar-refractivity contribution in [2.45, 2.75) is 30.7 Å². The second-order valence-corrected chi connectivity index (χ2v) is 11.1. The first-order valence-corrected chi connectivity index (χ1v) is 14.1. The van der Waals surface area contributed by atoms with Crippen LogP contribution >= 0.6 is 23.5 Å². The van der Waals surface area contributed by atoms with E-state index in [0.29, 0.717) is 25.1 Å². The largest absolute Gasteiger partial charge is 0.481 e. The number of rotatable bonds is 10. The predicted molar refractivity (Wildman–Crippen MR) is 140 cm³/mol. The number of hydrogen-bond acceptors (Lipinski definition) is 6. The molecule has 35 heavy (non-hydrogen) atoms. The Morgan fingerprint density at radius 2 is 1.66 bits per heavy atom. The van der Waals surface area contributed by atoms with Crippen LogP contribution < -0.4 is 10.6 Å². The van der Waals surface area contributed by atoms with Gasteiger partial charge >= 0.3 is 12.1 Å². The van der Waals surface area contributed by atoms with Crippen molar-refractivity contribution < 1.29 is 24.2 Å². The number of carboxylic acids is 1. The molecule has 1 aliphatic heterocycles. The Bertz CT molecular complexity index is 1030. The fourth-order valence-corrected chi connectivity index (χ4v) is 6.69. The number of aliphatic carboxylic acids is 1. The van der Waals surface area contributed by atoms with E-state index in [1.807, 2.05) is 24.3 Å². The highest BCUT2D eigenvalue weighted by molar-refractivity contribution is 8.00. The predicted octanol–water partition coefficient (Wildman–Crippen LogP) is 4.12. The zero-order valence-corrected chi connectivity index (χ0v) is 21.1. The van der Waals surface area contributed by atoms with Crippen molar-refractivity contribution in [3.8, 4) is 11.1 Å². The van der Waals surface area contributed by atoms with Gasteiger partial charge in [0, 0.05) is 18.2 Å². The number of nitrogens with one attached hydrogen (secondary N) is 2. The third kappa shape index (κ3) is 6.52. The molecule has 3 N–H and O–H groups in total. The summed E-state index contributed by atoms with van der Waals surface area (Å²) in [4.78, 5) is 35.9. The second-order valence-electron chi connectivity index (χ2n) is 8.82. The van der Waals surface area contributed by atoms with E-state index in [0.717, 1.165) is 11.5 Å². The van der Waals surface area contributed by atoms with Gasteiger partial charge in [0.05, 0.1) is 17.7 Å². The van der Waals surface area contributed by atoms with Gasteiger partial charge in [-0.3, -0.25) is 9.59 Å². The lowest BCUT2D eigenvalue weighted by Crippen LogP contribution is -2.52. The molecule has 2 aromatic carbocycles.